The van der Waals surface area contributed by atoms with Crippen molar-refractivity contribution in [2.45, 2.75) is 20.0 Å². The first-order valence-electron chi connectivity index (χ1n) is 2.66. The molecule has 0 aromatic heterocycles. The van der Waals surface area contributed by atoms with E-state index in [0.29, 0.717) is 0 Å². The highest BCUT2D eigenvalue weighted by atomic mass is 19.4. The van der Waals surface area contributed by atoms with Crippen LogP contribution in [0.1, 0.15) is 13.8 Å². The van der Waals surface area contributed by atoms with Gasteiger partial charge in [0.15, 0.2) is 0 Å². The Morgan fingerprint density at radius 1 is 1.40 bits per heavy atom. The second-order valence-corrected chi connectivity index (χ2v) is 1.69. The summed E-state index contributed by atoms with van der Waals surface area (Å²) in [6.45, 7) is 8.88. The molecule has 0 atom stereocenters. The van der Waals surface area contributed by atoms with Crippen LogP contribution in [0.25, 0.3) is 0 Å². The maximum atomic E-state index is 11.1. The van der Waals surface area contributed by atoms with Crippen LogP contribution < -0.4 is 0 Å². The molecule has 0 N–H and O–H groups in total. The van der Waals surface area contributed by atoms with Crippen LogP contribution in [0.2, 0.25) is 0 Å². The van der Waals surface area contributed by atoms with Gasteiger partial charge in [-0.25, -0.2) is 0 Å². The summed E-state index contributed by atoms with van der Waals surface area (Å²) in [6, 6.07) is 0. The second kappa shape index (κ2) is 5.09. The molecule has 0 bridgehead atoms. The van der Waals surface area contributed by atoms with Crippen molar-refractivity contribution in [3.8, 4) is 0 Å². The summed E-state index contributed by atoms with van der Waals surface area (Å²) in [5, 5.41) is 0. The summed E-state index contributed by atoms with van der Waals surface area (Å²) in [6.07, 6.45) is -2.44. The molecule has 60 valence electrons. The Morgan fingerprint density at radius 3 is 1.50 bits per heavy atom. The van der Waals surface area contributed by atoms with Crippen molar-refractivity contribution in [3.05, 3.63) is 24.8 Å². The largest absolute Gasteiger partial charge is 0.411 e. The topological polar surface area (TPSA) is 0 Å². The van der Waals surface area contributed by atoms with Crippen molar-refractivity contribution >= 4 is 0 Å². The van der Waals surface area contributed by atoms with E-state index in [9.17, 15) is 13.2 Å². The quantitative estimate of drug-likeness (QED) is 0.467. The van der Waals surface area contributed by atoms with Gasteiger partial charge >= 0.3 is 6.18 Å². The van der Waals surface area contributed by atoms with Gasteiger partial charge in [0.25, 0.3) is 0 Å². The number of rotatable bonds is 0. The smallest absolute Gasteiger partial charge is 0.167 e. The molecule has 0 amide bonds. The first kappa shape index (κ1) is 12.0. The normalized spacial score (nSPS) is 9.30. The summed E-state index contributed by atoms with van der Waals surface area (Å²) >= 11 is 0. The second-order valence-electron chi connectivity index (χ2n) is 1.69. The van der Waals surface area contributed by atoms with E-state index in [2.05, 4.69) is 13.2 Å². The maximum absolute atomic E-state index is 11.1. The fourth-order valence-electron chi connectivity index (χ4n) is 0. The zero-order valence-electron chi connectivity index (χ0n) is 6.13. The lowest BCUT2D eigenvalue weighted by molar-refractivity contribution is -0.0909. The lowest BCUT2D eigenvalue weighted by Gasteiger charge is -2.01. The highest BCUT2D eigenvalue weighted by molar-refractivity contribution is 4.96. The van der Waals surface area contributed by atoms with Crippen molar-refractivity contribution in [3.63, 3.8) is 0 Å². The van der Waals surface area contributed by atoms with Crippen molar-refractivity contribution in [1.29, 1.82) is 0 Å². The minimum atomic E-state index is -4.19. The lowest BCUT2D eigenvalue weighted by atomic mass is 10.3. The third-order valence-corrected chi connectivity index (χ3v) is 0.484. The molecule has 0 rings (SSSR count). The molecule has 0 heterocycles. The monoisotopic (exact) mass is 152 g/mol. The van der Waals surface area contributed by atoms with Gasteiger partial charge in [-0.2, -0.15) is 13.2 Å². The fraction of sp³-hybridized carbons (Fsp3) is 0.429. The van der Waals surface area contributed by atoms with Crippen LogP contribution in [0.5, 0.6) is 0 Å². The fourth-order valence-corrected chi connectivity index (χ4v) is 0. The average Bonchev–Trinajstić information content (AvgIpc) is 1.64. The summed E-state index contributed by atoms with van der Waals surface area (Å²) in [5.74, 6) is 0. The van der Waals surface area contributed by atoms with Crippen LogP contribution in [-0.2, 0) is 0 Å². The molecule has 0 spiro atoms. The zero-order valence-corrected chi connectivity index (χ0v) is 6.13. The van der Waals surface area contributed by atoms with Crippen LogP contribution in [-0.4, -0.2) is 6.18 Å². The van der Waals surface area contributed by atoms with Gasteiger partial charge in [-0.15, -0.1) is 6.58 Å². The predicted molar refractivity (Wildman–Crippen MR) is 36.7 cm³/mol. The molecule has 0 aromatic carbocycles. The van der Waals surface area contributed by atoms with Gasteiger partial charge in [0, 0.05) is 5.57 Å². The highest BCUT2D eigenvalue weighted by Gasteiger charge is 2.27. The number of halogens is 3. The van der Waals surface area contributed by atoms with E-state index >= 15 is 0 Å². The Labute approximate surface area is 59.1 Å². The molecule has 0 aliphatic rings. The van der Waals surface area contributed by atoms with Gasteiger partial charge in [0.05, 0.1) is 0 Å². The maximum Gasteiger partial charge on any atom is 0.411 e. The van der Waals surface area contributed by atoms with Gasteiger partial charge in [-0.1, -0.05) is 12.7 Å². The minimum Gasteiger partial charge on any atom is -0.167 e. The number of allylic oxidation sites excluding steroid dienone is 2. The number of hydrogen-bond donors (Lipinski definition) is 0. The molecule has 10 heavy (non-hydrogen) atoms. The van der Waals surface area contributed by atoms with Crippen molar-refractivity contribution in [2.75, 3.05) is 0 Å². The van der Waals surface area contributed by atoms with Gasteiger partial charge in [0.1, 0.15) is 0 Å². The number of alkyl halides is 3. The first-order chi connectivity index (χ1) is 4.36. The number of hydrogen-bond acceptors (Lipinski definition) is 0. The van der Waals surface area contributed by atoms with E-state index < -0.39 is 11.7 Å². The summed E-state index contributed by atoms with van der Waals surface area (Å²) in [5.41, 5.74) is -0.757. The van der Waals surface area contributed by atoms with Crippen LogP contribution in [0, 0.1) is 0 Å². The van der Waals surface area contributed by atoms with Crippen molar-refractivity contribution < 1.29 is 13.2 Å². The molecule has 0 nitrogen and oxygen atoms in total. The van der Waals surface area contributed by atoms with Gasteiger partial charge < -0.3 is 0 Å². The van der Waals surface area contributed by atoms with Crippen LogP contribution in [0.15, 0.2) is 24.8 Å². The average molecular weight is 152 g/mol. The minimum absolute atomic E-state index is 0.757. The summed E-state index contributed by atoms with van der Waals surface area (Å²) < 4.78 is 33.2. The van der Waals surface area contributed by atoms with E-state index in [1.165, 1.54) is 0 Å². The van der Waals surface area contributed by atoms with Crippen LogP contribution in [0.4, 0.5) is 13.2 Å². The molecule has 0 fully saturated rings. The molecule has 3 heteroatoms. The van der Waals surface area contributed by atoms with E-state index in [-0.39, 0.29) is 0 Å². The zero-order chi connectivity index (χ0) is 8.78. The Kier molecular flexibility index (Phi) is 6.10. The van der Waals surface area contributed by atoms with Crippen molar-refractivity contribution in [2.24, 2.45) is 0 Å². The Bertz CT molecular complexity index is 111. The summed E-state index contributed by atoms with van der Waals surface area (Å²) in [7, 11) is 0. The summed E-state index contributed by atoms with van der Waals surface area (Å²) in [4.78, 5) is 0. The molecule has 0 unspecified atom stereocenters. The molecule has 0 aliphatic carbocycles. The van der Waals surface area contributed by atoms with E-state index in [4.69, 9.17) is 0 Å². The first-order valence-corrected chi connectivity index (χ1v) is 2.66. The standard InChI is InChI=1S/C4H5F3.C3H6/c1-3(2)4(5,6)7;1-3-2/h1H2,2H3;3H,1H2,2H3. The van der Waals surface area contributed by atoms with E-state index in [0.717, 1.165) is 6.92 Å². The Balaban J connectivity index is 0. The van der Waals surface area contributed by atoms with Crippen LogP contribution in [0.3, 0.4) is 0 Å². The Morgan fingerprint density at radius 2 is 1.50 bits per heavy atom. The molecule has 0 aromatic rings. The van der Waals surface area contributed by atoms with Crippen molar-refractivity contribution in [1.82, 2.24) is 0 Å². The lowest BCUT2D eigenvalue weighted by Crippen LogP contribution is -2.06. The van der Waals surface area contributed by atoms with E-state index in [1.807, 2.05) is 6.92 Å². The van der Waals surface area contributed by atoms with Gasteiger partial charge in [0.2, 0.25) is 0 Å². The van der Waals surface area contributed by atoms with Gasteiger partial charge in [-0.05, 0) is 13.8 Å². The molecule has 0 saturated carbocycles. The highest BCUT2D eigenvalue weighted by Crippen LogP contribution is 2.22. The third kappa shape index (κ3) is 10.3. The molecular weight excluding hydrogens is 141 g/mol. The van der Waals surface area contributed by atoms with E-state index in [1.54, 1.807) is 6.08 Å². The SMILES string of the molecule is C=C(C)C(F)(F)F.C=CC. The Hall–Kier alpha value is -0.730. The molecular formula is C7H11F3. The van der Waals surface area contributed by atoms with Crippen LogP contribution >= 0.6 is 0 Å². The predicted octanol–water partition coefficient (Wildman–Crippen LogP) is 3.32. The third-order valence-electron chi connectivity index (χ3n) is 0.484. The molecule has 0 aliphatic heterocycles. The van der Waals surface area contributed by atoms with Gasteiger partial charge in [-0.3, -0.25) is 0 Å². The molecule has 0 saturated heterocycles. The molecule has 0 radical (unpaired) electrons.